The Morgan fingerprint density at radius 3 is 2.50 bits per heavy atom. The SMILES string of the molecule is CC(C)[C@H](N)C(=O)N1CCC(n2cc(Br)cn2)CC1.Cl. The molecule has 2 rings (SSSR count). The first-order valence-corrected chi connectivity index (χ1v) is 7.52. The molecule has 1 aliphatic rings. The monoisotopic (exact) mass is 364 g/mol. The average molecular weight is 366 g/mol. The zero-order valence-corrected chi connectivity index (χ0v) is 14.2. The number of rotatable bonds is 3. The van der Waals surface area contributed by atoms with Gasteiger partial charge in [-0.2, -0.15) is 5.10 Å². The normalized spacial score (nSPS) is 17.9. The fourth-order valence-corrected chi connectivity index (χ4v) is 2.66. The number of carbonyl (C=O) groups is 1. The van der Waals surface area contributed by atoms with Crippen LogP contribution in [0, 0.1) is 5.92 Å². The van der Waals surface area contributed by atoms with Crippen LogP contribution in [0.2, 0.25) is 0 Å². The number of carbonyl (C=O) groups excluding carboxylic acids is 1. The van der Waals surface area contributed by atoms with Crippen molar-refractivity contribution >= 4 is 34.2 Å². The van der Waals surface area contributed by atoms with E-state index >= 15 is 0 Å². The summed E-state index contributed by atoms with van der Waals surface area (Å²) in [5.74, 6) is 0.266. The quantitative estimate of drug-likeness (QED) is 0.893. The Bertz CT molecular complexity index is 443. The van der Waals surface area contributed by atoms with Crippen molar-refractivity contribution in [3.8, 4) is 0 Å². The summed E-state index contributed by atoms with van der Waals surface area (Å²) in [6, 6.07) is 0.000947. The number of likely N-dealkylation sites (tertiary alicyclic amines) is 1. The van der Waals surface area contributed by atoms with Crippen LogP contribution < -0.4 is 5.73 Å². The summed E-state index contributed by atoms with van der Waals surface area (Å²) in [6.45, 7) is 5.50. The van der Waals surface area contributed by atoms with E-state index in [1.54, 1.807) is 6.20 Å². The lowest BCUT2D eigenvalue weighted by Gasteiger charge is -2.34. The largest absolute Gasteiger partial charge is 0.341 e. The molecule has 0 aliphatic carbocycles. The standard InChI is InChI=1S/C13H21BrN4O.ClH/c1-9(2)12(15)13(19)17-5-3-11(4-6-17)18-8-10(14)7-16-18;/h7-9,11-12H,3-6,15H2,1-2H3;1H/t12-;/m0./s1. The Balaban J connectivity index is 0.00000200. The van der Waals surface area contributed by atoms with Gasteiger partial charge in [0, 0.05) is 19.3 Å². The van der Waals surface area contributed by atoms with Crippen molar-refractivity contribution < 1.29 is 4.79 Å². The number of amides is 1. The maximum atomic E-state index is 12.2. The predicted molar refractivity (Wildman–Crippen MR) is 84.8 cm³/mol. The Morgan fingerprint density at radius 1 is 1.45 bits per heavy atom. The number of nitrogens with two attached hydrogens (primary N) is 1. The van der Waals surface area contributed by atoms with Crippen LogP contribution in [-0.4, -0.2) is 39.7 Å². The van der Waals surface area contributed by atoms with Crippen molar-refractivity contribution in [3.05, 3.63) is 16.9 Å². The number of piperidine rings is 1. The van der Waals surface area contributed by atoms with Gasteiger partial charge in [0.2, 0.25) is 5.91 Å². The van der Waals surface area contributed by atoms with Gasteiger partial charge in [-0.15, -0.1) is 12.4 Å². The van der Waals surface area contributed by atoms with Crippen molar-refractivity contribution in [3.63, 3.8) is 0 Å². The zero-order chi connectivity index (χ0) is 14.0. The van der Waals surface area contributed by atoms with Crippen molar-refractivity contribution in [2.24, 2.45) is 11.7 Å². The van der Waals surface area contributed by atoms with E-state index in [0.717, 1.165) is 30.4 Å². The van der Waals surface area contributed by atoms with E-state index in [1.807, 2.05) is 29.6 Å². The second-order valence-corrected chi connectivity index (χ2v) is 6.38. The maximum absolute atomic E-state index is 12.2. The molecule has 0 saturated carbocycles. The Morgan fingerprint density at radius 2 is 2.05 bits per heavy atom. The highest BCUT2D eigenvalue weighted by molar-refractivity contribution is 9.10. The average Bonchev–Trinajstić information content (AvgIpc) is 2.84. The first-order valence-electron chi connectivity index (χ1n) is 6.73. The van der Waals surface area contributed by atoms with E-state index in [9.17, 15) is 4.79 Å². The summed E-state index contributed by atoms with van der Waals surface area (Å²) in [7, 11) is 0. The van der Waals surface area contributed by atoms with Gasteiger partial charge in [0.05, 0.1) is 22.8 Å². The van der Waals surface area contributed by atoms with Crippen LogP contribution in [0.5, 0.6) is 0 Å². The summed E-state index contributed by atoms with van der Waals surface area (Å²) in [5, 5.41) is 4.31. The Kier molecular flexibility index (Phi) is 6.48. The number of aromatic nitrogens is 2. The molecular formula is C13H22BrClN4O. The van der Waals surface area contributed by atoms with Gasteiger partial charge in [0.25, 0.3) is 0 Å². The summed E-state index contributed by atoms with van der Waals surface area (Å²) in [6.07, 6.45) is 5.66. The van der Waals surface area contributed by atoms with E-state index in [4.69, 9.17) is 5.73 Å². The molecule has 1 saturated heterocycles. The van der Waals surface area contributed by atoms with Crippen LogP contribution in [-0.2, 0) is 4.79 Å². The third-order valence-corrected chi connectivity index (χ3v) is 4.13. The number of hydrogen-bond donors (Lipinski definition) is 1. The van der Waals surface area contributed by atoms with Gasteiger partial charge in [-0.1, -0.05) is 13.8 Å². The highest BCUT2D eigenvalue weighted by Gasteiger charge is 2.28. The first kappa shape index (κ1) is 17.5. The fourth-order valence-electron chi connectivity index (χ4n) is 2.36. The highest BCUT2D eigenvalue weighted by Crippen LogP contribution is 2.23. The number of halogens is 2. The van der Waals surface area contributed by atoms with E-state index in [1.165, 1.54) is 0 Å². The lowest BCUT2D eigenvalue weighted by atomic mass is 10.0. The van der Waals surface area contributed by atoms with Gasteiger partial charge in [-0.25, -0.2) is 0 Å². The molecule has 5 nitrogen and oxygen atoms in total. The maximum Gasteiger partial charge on any atom is 0.239 e. The van der Waals surface area contributed by atoms with Gasteiger partial charge in [-0.3, -0.25) is 9.48 Å². The minimum absolute atomic E-state index is 0. The van der Waals surface area contributed by atoms with Crippen molar-refractivity contribution in [1.82, 2.24) is 14.7 Å². The van der Waals surface area contributed by atoms with Gasteiger partial charge in [0.15, 0.2) is 0 Å². The fraction of sp³-hybridized carbons (Fsp3) is 0.692. The highest BCUT2D eigenvalue weighted by atomic mass is 79.9. The van der Waals surface area contributed by atoms with Crippen molar-refractivity contribution in [2.75, 3.05) is 13.1 Å². The molecule has 0 unspecified atom stereocenters. The van der Waals surface area contributed by atoms with Crippen molar-refractivity contribution in [1.29, 1.82) is 0 Å². The van der Waals surface area contributed by atoms with Gasteiger partial charge < -0.3 is 10.6 Å². The van der Waals surface area contributed by atoms with Gasteiger partial charge in [0.1, 0.15) is 0 Å². The molecule has 0 aromatic carbocycles. The molecule has 2 heterocycles. The predicted octanol–water partition coefficient (Wildman–Crippen LogP) is 2.21. The topological polar surface area (TPSA) is 64.2 Å². The molecule has 2 N–H and O–H groups in total. The molecule has 0 spiro atoms. The molecule has 20 heavy (non-hydrogen) atoms. The molecule has 0 bridgehead atoms. The third-order valence-electron chi connectivity index (χ3n) is 3.72. The smallest absolute Gasteiger partial charge is 0.239 e. The lowest BCUT2D eigenvalue weighted by molar-refractivity contribution is -0.134. The summed E-state index contributed by atoms with van der Waals surface area (Å²) in [5.41, 5.74) is 5.92. The first-order chi connectivity index (χ1) is 8.99. The van der Waals surface area contributed by atoms with Crippen LogP contribution in [0.25, 0.3) is 0 Å². The van der Waals surface area contributed by atoms with Crippen LogP contribution in [0.3, 0.4) is 0 Å². The minimum atomic E-state index is -0.379. The zero-order valence-electron chi connectivity index (χ0n) is 11.8. The molecule has 1 fully saturated rings. The van der Waals surface area contributed by atoms with Crippen LogP contribution in [0.1, 0.15) is 32.7 Å². The molecule has 1 amide bonds. The molecule has 114 valence electrons. The Labute approximate surface area is 134 Å². The van der Waals surface area contributed by atoms with Crippen LogP contribution in [0.4, 0.5) is 0 Å². The molecule has 7 heteroatoms. The van der Waals surface area contributed by atoms with E-state index in [0.29, 0.717) is 6.04 Å². The van der Waals surface area contributed by atoms with Crippen molar-refractivity contribution in [2.45, 2.75) is 38.8 Å². The lowest BCUT2D eigenvalue weighted by Crippen LogP contribution is -2.49. The minimum Gasteiger partial charge on any atom is -0.341 e. The van der Waals surface area contributed by atoms with Gasteiger partial charge in [-0.05, 0) is 34.7 Å². The van der Waals surface area contributed by atoms with Crippen LogP contribution >= 0.6 is 28.3 Å². The second kappa shape index (κ2) is 7.43. The van der Waals surface area contributed by atoms with Crippen LogP contribution in [0.15, 0.2) is 16.9 Å². The van der Waals surface area contributed by atoms with Gasteiger partial charge >= 0.3 is 0 Å². The number of hydrogen-bond acceptors (Lipinski definition) is 3. The summed E-state index contributed by atoms with van der Waals surface area (Å²) in [4.78, 5) is 14.0. The molecule has 1 aromatic rings. The molecule has 1 aromatic heterocycles. The number of nitrogens with zero attached hydrogens (tertiary/aromatic N) is 3. The second-order valence-electron chi connectivity index (χ2n) is 5.46. The van der Waals surface area contributed by atoms with E-state index in [2.05, 4.69) is 21.0 Å². The van der Waals surface area contributed by atoms with E-state index < -0.39 is 0 Å². The summed E-state index contributed by atoms with van der Waals surface area (Å²) < 4.78 is 2.97. The third kappa shape index (κ3) is 3.96. The molecular weight excluding hydrogens is 344 g/mol. The molecule has 1 atom stereocenters. The molecule has 0 radical (unpaired) electrons. The summed E-state index contributed by atoms with van der Waals surface area (Å²) >= 11 is 3.40. The molecule has 1 aliphatic heterocycles. The van der Waals surface area contributed by atoms with E-state index in [-0.39, 0.29) is 30.3 Å². The Hall–Kier alpha value is -0.590.